The first-order valence-electron chi connectivity index (χ1n) is 6.42. The molecule has 0 aliphatic carbocycles. The second-order valence-electron chi connectivity index (χ2n) is 4.40. The number of thioether (sulfide) groups is 1. The zero-order valence-electron chi connectivity index (χ0n) is 12.2. The largest absolute Gasteiger partial charge is 0.299 e. The number of hydrogen-bond acceptors (Lipinski definition) is 5. The molecule has 2 heterocycles. The Bertz CT molecular complexity index is 749. The van der Waals surface area contributed by atoms with Gasteiger partial charge in [-0.25, -0.2) is 9.67 Å². The molecule has 0 bridgehead atoms. The summed E-state index contributed by atoms with van der Waals surface area (Å²) in [6.07, 6.45) is 1.50. The lowest BCUT2D eigenvalue weighted by Crippen LogP contribution is -2.15. The van der Waals surface area contributed by atoms with Crippen LogP contribution in [0.1, 0.15) is 29.3 Å². The van der Waals surface area contributed by atoms with Crippen LogP contribution in [-0.2, 0) is 13.0 Å². The third-order valence-corrected chi connectivity index (χ3v) is 4.65. The van der Waals surface area contributed by atoms with E-state index in [1.165, 1.54) is 29.7 Å². The predicted molar refractivity (Wildman–Crippen MR) is 81.2 cm³/mol. The van der Waals surface area contributed by atoms with E-state index in [0.29, 0.717) is 16.2 Å². The number of aryl methyl sites for hydroxylation is 1. The zero-order chi connectivity index (χ0) is 16.3. The van der Waals surface area contributed by atoms with Crippen LogP contribution in [0.3, 0.4) is 0 Å². The van der Waals surface area contributed by atoms with Gasteiger partial charge in [-0.2, -0.15) is 18.9 Å². The normalized spacial score (nSPS) is 12.7. The van der Waals surface area contributed by atoms with Crippen molar-refractivity contribution in [3.63, 3.8) is 0 Å². The summed E-state index contributed by atoms with van der Waals surface area (Å²) in [5.74, 6) is -2.85. The summed E-state index contributed by atoms with van der Waals surface area (Å²) < 4.78 is 27.7. The first-order valence-corrected chi connectivity index (χ1v) is 8.22. The van der Waals surface area contributed by atoms with Crippen molar-refractivity contribution in [3.05, 3.63) is 33.8 Å². The Hall–Kier alpha value is -1.61. The number of alkyl halides is 2. The first kappa shape index (κ1) is 16.8. The van der Waals surface area contributed by atoms with Crippen LogP contribution in [0.15, 0.2) is 28.2 Å². The third kappa shape index (κ3) is 3.77. The number of rotatable bonds is 4. The maximum absolute atomic E-state index is 13.3. The molecule has 0 aliphatic rings. The highest BCUT2D eigenvalue weighted by Gasteiger charge is 2.29. The van der Waals surface area contributed by atoms with Crippen molar-refractivity contribution in [2.24, 2.45) is 12.0 Å². The van der Waals surface area contributed by atoms with Gasteiger partial charge >= 0.3 is 0 Å². The van der Waals surface area contributed by atoms with Crippen molar-refractivity contribution in [2.45, 2.75) is 24.7 Å². The second-order valence-corrected chi connectivity index (χ2v) is 6.66. The zero-order valence-corrected chi connectivity index (χ0v) is 13.8. The number of pyridine rings is 1. The molecule has 9 heteroatoms. The van der Waals surface area contributed by atoms with Crippen molar-refractivity contribution in [1.29, 1.82) is 0 Å². The lowest BCUT2D eigenvalue weighted by atomic mass is 10.3. The van der Waals surface area contributed by atoms with Gasteiger partial charge in [0.25, 0.3) is 11.8 Å². The molecule has 0 spiro atoms. The highest BCUT2D eigenvalue weighted by molar-refractivity contribution is 7.99. The van der Waals surface area contributed by atoms with Gasteiger partial charge in [0.2, 0.25) is 4.80 Å². The molecule has 0 saturated carbocycles. The molecular weight excluding hydrogens is 330 g/mol. The van der Waals surface area contributed by atoms with Gasteiger partial charge in [0, 0.05) is 25.1 Å². The van der Waals surface area contributed by atoms with Crippen molar-refractivity contribution in [1.82, 2.24) is 14.8 Å². The predicted octanol–water partition coefficient (Wildman–Crippen LogP) is 2.84. The SMILES string of the molecule is CCSc1cccnc1C(=O)/N=c1\sc(C(C)(F)F)nn1C. The summed E-state index contributed by atoms with van der Waals surface area (Å²) in [7, 11) is 1.47. The highest BCUT2D eigenvalue weighted by atomic mass is 32.2. The van der Waals surface area contributed by atoms with Crippen molar-refractivity contribution < 1.29 is 13.6 Å². The summed E-state index contributed by atoms with van der Waals surface area (Å²) >= 11 is 2.16. The maximum Gasteiger partial charge on any atom is 0.299 e. The number of amides is 1. The average Bonchev–Trinajstić information content (AvgIpc) is 2.81. The molecule has 22 heavy (non-hydrogen) atoms. The minimum Gasteiger partial charge on any atom is -0.265 e. The summed E-state index contributed by atoms with van der Waals surface area (Å²) in [4.78, 5) is 21.0. The van der Waals surface area contributed by atoms with Crippen LogP contribution >= 0.6 is 23.1 Å². The van der Waals surface area contributed by atoms with Crippen molar-refractivity contribution in [2.75, 3.05) is 5.75 Å². The van der Waals surface area contributed by atoms with Crippen LogP contribution in [0.5, 0.6) is 0 Å². The minimum absolute atomic E-state index is 0.111. The lowest BCUT2D eigenvalue weighted by molar-refractivity contribution is 0.0159. The molecule has 0 fully saturated rings. The summed E-state index contributed by atoms with van der Waals surface area (Å²) in [5, 5.41) is 3.32. The van der Waals surface area contributed by atoms with Crippen LogP contribution in [0.2, 0.25) is 0 Å². The average molecular weight is 344 g/mol. The van der Waals surface area contributed by atoms with Gasteiger partial charge in [-0.1, -0.05) is 18.3 Å². The third-order valence-electron chi connectivity index (χ3n) is 2.55. The molecule has 2 rings (SSSR count). The smallest absolute Gasteiger partial charge is 0.265 e. The van der Waals surface area contributed by atoms with E-state index in [1.807, 2.05) is 6.92 Å². The number of aromatic nitrogens is 3. The Morgan fingerprint density at radius 2 is 2.27 bits per heavy atom. The van der Waals surface area contributed by atoms with Crippen molar-refractivity contribution >= 4 is 29.0 Å². The number of carbonyl (C=O) groups excluding carboxylic acids is 1. The van der Waals surface area contributed by atoms with E-state index in [-0.39, 0.29) is 15.5 Å². The van der Waals surface area contributed by atoms with E-state index in [4.69, 9.17) is 0 Å². The maximum atomic E-state index is 13.3. The van der Waals surface area contributed by atoms with Crippen LogP contribution in [0.4, 0.5) is 8.78 Å². The standard InChI is InChI=1S/C13H14F2N4OS2/c1-4-21-8-6-5-7-16-9(8)10(20)17-12-19(3)18-11(22-12)13(2,14)15/h5-7H,4H2,1-3H3/b17-12-. The van der Waals surface area contributed by atoms with E-state index >= 15 is 0 Å². The molecule has 0 N–H and O–H groups in total. The van der Waals surface area contributed by atoms with Gasteiger partial charge in [0.15, 0.2) is 5.01 Å². The van der Waals surface area contributed by atoms with Gasteiger partial charge < -0.3 is 0 Å². The number of hydrogen-bond donors (Lipinski definition) is 0. The van der Waals surface area contributed by atoms with Crippen molar-refractivity contribution in [3.8, 4) is 0 Å². The molecular formula is C13H14F2N4OS2. The van der Waals surface area contributed by atoms with Crippen LogP contribution in [-0.4, -0.2) is 26.4 Å². The van der Waals surface area contributed by atoms with E-state index in [2.05, 4.69) is 15.1 Å². The fraction of sp³-hybridized carbons (Fsp3) is 0.385. The van der Waals surface area contributed by atoms with E-state index in [0.717, 1.165) is 12.7 Å². The molecule has 0 saturated heterocycles. The molecule has 0 aromatic carbocycles. The summed E-state index contributed by atoms with van der Waals surface area (Å²) in [6, 6.07) is 3.51. The van der Waals surface area contributed by atoms with Gasteiger partial charge in [0.1, 0.15) is 5.69 Å². The molecule has 0 aliphatic heterocycles. The van der Waals surface area contributed by atoms with Crippen LogP contribution < -0.4 is 4.80 Å². The van der Waals surface area contributed by atoms with E-state index in [1.54, 1.807) is 12.1 Å². The fourth-order valence-electron chi connectivity index (χ4n) is 1.59. The minimum atomic E-state index is -3.06. The fourth-order valence-corrected chi connectivity index (χ4v) is 3.17. The lowest BCUT2D eigenvalue weighted by Gasteiger charge is -2.02. The Morgan fingerprint density at radius 3 is 2.86 bits per heavy atom. The van der Waals surface area contributed by atoms with Crippen LogP contribution in [0, 0.1) is 0 Å². The number of nitrogens with zero attached hydrogens (tertiary/aromatic N) is 4. The Kier molecular flexibility index (Phi) is 5.07. The van der Waals surface area contributed by atoms with Gasteiger partial charge in [0.05, 0.1) is 0 Å². The van der Waals surface area contributed by atoms with E-state index < -0.39 is 11.8 Å². The Balaban J connectivity index is 2.42. The summed E-state index contributed by atoms with van der Waals surface area (Å²) in [6.45, 7) is 2.72. The summed E-state index contributed by atoms with van der Waals surface area (Å²) in [5.41, 5.74) is 0.215. The molecule has 2 aromatic heterocycles. The highest BCUT2D eigenvalue weighted by Crippen LogP contribution is 2.26. The van der Waals surface area contributed by atoms with Gasteiger partial charge in [-0.3, -0.25) is 4.79 Å². The second kappa shape index (κ2) is 6.66. The Morgan fingerprint density at radius 1 is 1.55 bits per heavy atom. The molecule has 0 atom stereocenters. The molecule has 2 aromatic rings. The Labute approximate surface area is 134 Å². The molecule has 118 valence electrons. The quantitative estimate of drug-likeness (QED) is 0.800. The molecule has 0 radical (unpaired) electrons. The molecule has 5 nitrogen and oxygen atoms in total. The van der Waals surface area contributed by atoms with Crippen LogP contribution in [0.25, 0.3) is 0 Å². The van der Waals surface area contributed by atoms with E-state index in [9.17, 15) is 13.6 Å². The topological polar surface area (TPSA) is 60.1 Å². The monoisotopic (exact) mass is 344 g/mol. The molecule has 0 unspecified atom stereocenters. The van der Waals surface area contributed by atoms with Gasteiger partial charge in [-0.15, -0.1) is 11.8 Å². The molecule has 1 amide bonds. The number of carbonyl (C=O) groups is 1. The first-order chi connectivity index (χ1) is 10.3. The number of halogens is 2. The van der Waals surface area contributed by atoms with Gasteiger partial charge in [-0.05, 0) is 17.9 Å².